The Hall–Kier alpha value is -1.01. The molecule has 0 bridgehead atoms. The summed E-state index contributed by atoms with van der Waals surface area (Å²) in [5.74, 6) is -0.438. The van der Waals surface area contributed by atoms with Crippen molar-refractivity contribution in [1.29, 1.82) is 0 Å². The number of aliphatic carboxylic acids is 1. The van der Waals surface area contributed by atoms with E-state index < -0.39 is 11.5 Å². The van der Waals surface area contributed by atoms with Gasteiger partial charge in [0.05, 0.1) is 0 Å². The van der Waals surface area contributed by atoms with Crippen LogP contribution in [-0.2, 0) is 9.59 Å². The number of hydrogen-bond acceptors (Lipinski definition) is 3. The number of thioether (sulfide) groups is 1. The largest absolute Gasteiger partial charge is 0.480 e. The molecule has 0 aliphatic rings. The van der Waals surface area contributed by atoms with Gasteiger partial charge < -0.3 is 10.4 Å². The van der Waals surface area contributed by atoms with Crippen LogP contribution < -0.4 is 5.32 Å². The summed E-state index contributed by atoms with van der Waals surface area (Å²) in [5.41, 5.74) is -1.21. The highest BCUT2D eigenvalue weighted by Crippen LogP contribution is 2.21. The molecule has 0 heterocycles. The van der Waals surface area contributed by atoms with Crippen LogP contribution in [0.5, 0.6) is 0 Å². The Labute approximate surface area is 131 Å². The van der Waals surface area contributed by atoms with Gasteiger partial charge >= 0.3 is 5.97 Å². The van der Waals surface area contributed by atoms with E-state index in [1.165, 1.54) is 13.8 Å². The van der Waals surface area contributed by atoms with E-state index >= 15 is 0 Å². The van der Waals surface area contributed by atoms with Crippen LogP contribution >= 0.6 is 27.7 Å². The van der Waals surface area contributed by atoms with E-state index in [0.717, 1.165) is 15.1 Å². The van der Waals surface area contributed by atoms with Crippen molar-refractivity contribution in [2.45, 2.75) is 37.1 Å². The maximum atomic E-state index is 11.6. The first-order valence-electron chi connectivity index (χ1n) is 6.24. The standard InChI is InChI=1S/C14H18BrNO3S/c1-14(2,13(18)19)16-12(17)4-3-9-20-11-7-5-10(15)6-8-11/h5-8H,3-4,9H2,1-2H3,(H,16,17)(H,18,19). The predicted molar refractivity (Wildman–Crippen MR) is 84.0 cm³/mol. The van der Waals surface area contributed by atoms with E-state index in [0.29, 0.717) is 12.8 Å². The quantitative estimate of drug-likeness (QED) is 0.578. The Bertz CT molecular complexity index is 474. The minimum Gasteiger partial charge on any atom is -0.480 e. The van der Waals surface area contributed by atoms with E-state index in [-0.39, 0.29) is 5.91 Å². The van der Waals surface area contributed by atoms with Gasteiger partial charge in [0.25, 0.3) is 0 Å². The molecule has 0 atom stereocenters. The molecule has 1 aromatic carbocycles. The summed E-state index contributed by atoms with van der Waals surface area (Å²) in [7, 11) is 0. The first-order chi connectivity index (χ1) is 9.31. The highest BCUT2D eigenvalue weighted by atomic mass is 79.9. The van der Waals surface area contributed by atoms with Gasteiger partial charge in [0.1, 0.15) is 5.54 Å². The topological polar surface area (TPSA) is 66.4 Å². The van der Waals surface area contributed by atoms with Gasteiger partial charge in [0, 0.05) is 15.8 Å². The monoisotopic (exact) mass is 359 g/mol. The summed E-state index contributed by atoms with van der Waals surface area (Å²) in [6.07, 6.45) is 1.04. The zero-order valence-corrected chi connectivity index (χ0v) is 13.9. The minimum atomic E-state index is -1.21. The van der Waals surface area contributed by atoms with Crippen LogP contribution in [-0.4, -0.2) is 28.3 Å². The fraction of sp³-hybridized carbons (Fsp3) is 0.429. The second-order valence-electron chi connectivity index (χ2n) is 4.88. The second-order valence-corrected chi connectivity index (χ2v) is 6.97. The molecule has 1 aromatic rings. The molecule has 0 aliphatic carbocycles. The average Bonchev–Trinajstić information content (AvgIpc) is 2.36. The van der Waals surface area contributed by atoms with Crippen LogP contribution in [0.25, 0.3) is 0 Å². The van der Waals surface area contributed by atoms with Gasteiger partial charge in [-0.25, -0.2) is 4.79 Å². The molecule has 0 radical (unpaired) electrons. The summed E-state index contributed by atoms with van der Waals surface area (Å²) >= 11 is 5.05. The van der Waals surface area contributed by atoms with Crippen molar-refractivity contribution < 1.29 is 14.7 Å². The number of benzene rings is 1. The molecule has 2 N–H and O–H groups in total. The summed E-state index contributed by atoms with van der Waals surface area (Å²) in [5, 5.41) is 11.4. The van der Waals surface area contributed by atoms with Gasteiger partial charge in [-0.05, 0) is 50.3 Å². The fourth-order valence-corrected chi connectivity index (χ4v) is 2.54. The number of carboxylic acid groups (broad SMARTS) is 1. The van der Waals surface area contributed by atoms with E-state index in [2.05, 4.69) is 21.2 Å². The van der Waals surface area contributed by atoms with Crippen LogP contribution in [0, 0.1) is 0 Å². The summed E-state index contributed by atoms with van der Waals surface area (Å²) in [4.78, 5) is 23.7. The Morgan fingerprint density at radius 1 is 1.30 bits per heavy atom. The highest BCUT2D eigenvalue weighted by Gasteiger charge is 2.28. The molecule has 4 nitrogen and oxygen atoms in total. The van der Waals surface area contributed by atoms with Crippen molar-refractivity contribution in [3.8, 4) is 0 Å². The van der Waals surface area contributed by atoms with Gasteiger partial charge in [0.2, 0.25) is 5.91 Å². The van der Waals surface area contributed by atoms with E-state index in [1.54, 1.807) is 11.8 Å². The Morgan fingerprint density at radius 3 is 2.45 bits per heavy atom. The van der Waals surface area contributed by atoms with Gasteiger partial charge in [-0.1, -0.05) is 15.9 Å². The Morgan fingerprint density at radius 2 is 1.90 bits per heavy atom. The van der Waals surface area contributed by atoms with E-state index in [9.17, 15) is 9.59 Å². The van der Waals surface area contributed by atoms with Gasteiger partial charge in [0.15, 0.2) is 0 Å². The highest BCUT2D eigenvalue weighted by molar-refractivity contribution is 9.10. The molecular weight excluding hydrogens is 342 g/mol. The van der Waals surface area contributed by atoms with Crippen LogP contribution in [0.4, 0.5) is 0 Å². The molecule has 1 rings (SSSR count). The smallest absolute Gasteiger partial charge is 0.328 e. The minimum absolute atomic E-state index is 0.228. The van der Waals surface area contributed by atoms with Crippen LogP contribution in [0.3, 0.4) is 0 Å². The lowest BCUT2D eigenvalue weighted by Crippen LogP contribution is -2.49. The molecule has 0 saturated heterocycles. The van der Waals surface area contributed by atoms with Crippen LogP contribution in [0.2, 0.25) is 0 Å². The van der Waals surface area contributed by atoms with Crippen LogP contribution in [0.15, 0.2) is 33.6 Å². The molecule has 0 aromatic heterocycles. The van der Waals surface area contributed by atoms with Crippen molar-refractivity contribution in [2.75, 3.05) is 5.75 Å². The van der Waals surface area contributed by atoms with Crippen molar-refractivity contribution in [2.24, 2.45) is 0 Å². The molecule has 110 valence electrons. The maximum Gasteiger partial charge on any atom is 0.328 e. The molecule has 0 spiro atoms. The second kappa shape index (κ2) is 7.69. The summed E-state index contributed by atoms with van der Waals surface area (Å²) < 4.78 is 1.04. The third-order valence-electron chi connectivity index (χ3n) is 2.62. The lowest BCUT2D eigenvalue weighted by atomic mass is 10.1. The lowest BCUT2D eigenvalue weighted by molar-refractivity contribution is -0.146. The number of hydrogen-bond donors (Lipinski definition) is 2. The molecule has 0 unspecified atom stereocenters. The SMILES string of the molecule is CC(C)(NC(=O)CCCSc1ccc(Br)cc1)C(=O)O. The number of amides is 1. The molecule has 20 heavy (non-hydrogen) atoms. The number of nitrogens with one attached hydrogen (secondary N) is 1. The molecule has 0 aliphatic heterocycles. The number of rotatable bonds is 7. The van der Waals surface area contributed by atoms with Gasteiger partial charge in [-0.3, -0.25) is 4.79 Å². The number of carboxylic acids is 1. The third kappa shape index (κ3) is 5.96. The number of carbonyl (C=O) groups is 2. The zero-order chi connectivity index (χ0) is 15.2. The Balaban J connectivity index is 2.26. The normalized spacial score (nSPS) is 11.2. The maximum absolute atomic E-state index is 11.6. The summed E-state index contributed by atoms with van der Waals surface area (Å²) in [6, 6.07) is 7.99. The first kappa shape index (κ1) is 17.0. The first-order valence-corrected chi connectivity index (χ1v) is 8.02. The van der Waals surface area contributed by atoms with E-state index in [1.807, 2.05) is 24.3 Å². The van der Waals surface area contributed by atoms with Gasteiger partial charge in [-0.2, -0.15) is 0 Å². The Kier molecular flexibility index (Phi) is 6.55. The van der Waals surface area contributed by atoms with Crippen LogP contribution in [0.1, 0.15) is 26.7 Å². The molecule has 6 heteroatoms. The molecule has 0 saturated carbocycles. The average molecular weight is 360 g/mol. The van der Waals surface area contributed by atoms with Crippen molar-refractivity contribution in [3.05, 3.63) is 28.7 Å². The lowest BCUT2D eigenvalue weighted by Gasteiger charge is -2.20. The third-order valence-corrected chi connectivity index (χ3v) is 4.24. The molecule has 1 amide bonds. The van der Waals surface area contributed by atoms with Gasteiger partial charge in [-0.15, -0.1) is 11.8 Å². The molecular formula is C14H18BrNO3S. The van der Waals surface area contributed by atoms with E-state index in [4.69, 9.17) is 5.11 Å². The molecule has 0 fully saturated rings. The number of carbonyl (C=O) groups excluding carboxylic acids is 1. The van der Waals surface area contributed by atoms with Crippen molar-refractivity contribution in [3.63, 3.8) is 0 Å². The summed E-state index contributed by atoms with van der Waals surface area (Å²) in [6.45, 7) is 2.95. The zero-order valence-electron chi connectivity index (χ0n) is 11.5. The predicted octanol–water partition coefficient (Wildman–Crippen LogP) is 3.30. The fourth-order valence-electron chi connectivity index (χ4n) is 1.42. The van der Waals surface area contributed by atoms with Crippen molar-refractivity contribution >= 4 is 39.6 Å². The number of halogens is 1. The van der Waals surface area contributed by atoms with Crippen molar-refractivity contribution in [1.82, 2.24) is 5.32 Å².